The minimum absolute atomic E-state index is 0.0177. The van der Waals surface area contributed by atoms with Crippen molar-refractivity contribution >= 4 is 12.0 Å². The Morgan fingerprint density at radius 2 is 2.05 bits per heavy atom. The molecule has 2 amide bonds. The summed E-state index contributed by atoms with van der Waals surface area (Å²) < 4.78 is 0. The van der Waals surface area contributed by atoms with Crippen LogP contribution in [0.3, 0.4) is 0 Å². The summed E-state index contributed by atoms with van der Waals surface area (Å²) in [4.78, 5) is 27.2. The second-order valence-electron chi connectivity index (χ2n) is 5.92. The molecule has 0 aromatic carbocycles. The molecular weight excluding hydrogens is 244 g/mol. The number of aliphatic carboxylic acids is 1. The quantitative estimate of drug-likeness (QED) is 0.738. The van der Waals surface area contributed by atoms with E-state index < -0.39 is 11.4 Å². The topological polar surface area (TPSA) is 60.9 Å². The first-order valence-corrected chi connectivity index (χ1v) is 6.85. The Labute approximate surface area is 113 Å². The van der Waals surface area contributed by atoms with Gasteiger partial charge in [0.2, 0.25) is 0 Å². The molecule has 1 atom stereocenters. The molecule has 2 aliphatic rings. The van der Waals surface area contributed by atoms with Gasteiger partial charge < -0.3 is 14.9 Å². The van der Waals surface area contributed by atoms with Gasteiger partial charge in [-0.2, -0.15) is 0 Å². The first-order chi connectivity index (χ1) is 8.92. The molecule has 0 radical (unpaired) electrons. The molecule has 1 saturated heterocycles. The molecule has 1 fully saturated rings. The average Bonchev–Trinajstić information content (AvgIpc) is 2.39. The third kappa shape index (κ3) is 2.91. The van der Waals surface area contributed by atoms with Crippen LogP contribution in [0, 0.1) is 5.41 Å². The summed E-state index contributed by atoms with van der Waals surface area (Å²) in [6, 6.07) is -0.0177. The molecule has 5 heteroatoms. The fourth-order valence-electron chi connectivity index (χ4n) is 2.72. The number of carboxylic acid groups (broad SMARTS) is 1. The number of carboxylic acids is 1. The number of urea groups is 1. The third-order valence-corrected chi connectivity index (χ3v) is 4.19. The van der Waals surface area contributed by atoms with E-state index in [-0.39, 0.29) is 6.03 Å². The lowest BCUT2D eigenvalue weighted by Crippen LogP contribution is -2.53. The smallest absolute Gasteiger partial charge is 0.320 e. The van der Waals surface area contributed by atoms with Gasteiger partial charge in [-0.15, -0.1) is 0 Å². The Bertz CT molecular complexity index is 419. The largest absolute Gasteiger partial charge is 0.481 e. The van der Waals surface area contributed by atoms with E-state index in [4.69, 9.17) is 0 Å². The molecule has 0 aromatic rings. The predicted octanol–water partition coefficient (Wildman–Crippen LogP) is 1.95. The predicted molar refractivity (Wildman–Crippen MR) is 71.9 cm³/mol. The summed E-state index contributed by atoms with van der Waals surface area (Å²) in [5.41, 5.74) is 0.521. The van der Waals surface area contributed by atoms with Crippen LogP contribution >= 0.6 is 0 Å². The molecule has 106 valence electrons. The second-order valence-corrected chi connectivity index (χ2v) is 5.92. The molecule has 0 aliphatic carbocycles. The standard InChI is InChI=1S/C14H22N2O3/c1-11-4-8-15(9-5-11)13(19)16-7-3-6-14(2,10-16)12(17)18/h4H,3,5-10H2,1-2H3,(H,17,18). The summed E-state index contributed by atoms with van der Waals surface area (Å²) in [6.45, 7) is 6.17. The number of hydrogen-bond donors (Lipinski definition) is 1. The number of carbonyl (C=O) groups is 2. The molecule has 2 rings (SSSR count). The van der Waals surface area contributed by atoms with Gasteiger partial charge in [-0.1, -0.05) is 11.6 Å². The van der Waals surface area contributed by atoms with Crippen LogP contribution in [0.25, 0.3) is 0 Å². The maximum absolute atomic E-state index is 12.4. The van der Waals surface area contributed by atoms with E-state index in [1.807, 2.05) is 0 Å². The lowest BCUT2D eigenvalue weighted by molar-refractivity contribution is -0.150. The van der Waals surface area contributed by atoms with Gasteiger partial charge in [0.15, 0.2) is 0 Å². The van der Waals surface area contributed by atoms with Crippen LogP contribution in [-0.2, 0) is 4.79 Å². The van der Waals surface area contributed by atoms with Gasteiger partial charge in [-0.3, -0.25) is 4.79 Å². The minimum Gasteiger partial charge on any atom is -0.481 e. The summed E-state index contributed by atoms with van der Waals surface area (Å²) in [7, 11) is 0. The van der Waals surface area contributed by atoms with Crippen LogP contribution in [0.5, 0.6) is 0 Å². The van der Waals surface area contributed by atoms with Gasteiger partial charge in [0.1, 0.15) is 0 Å². The average molecular weight is 266 g/mol. The molecule has 19 heavy (non-hydrogen) atoms. The molecule has 0 bridgehead atoms. The minimum atomic E-state index is -0.806. The number of piperidine rings is 1. The molecule has 0 spiro atoms. The first-order valence-electron chi connectivity index (χ1n) is 6.85. The zero-order chi connectivity index (χ0) is 14.0. The van der Waals surface area contributed by atoms with E-state index in [1.165, 1.54) is 5.57 Å². The summed E-state index contributed by atoms with van der Waals surface area (Å²) in [5.74, 6) is -0.806. The highest BCUT2D eigenvalue weighted by atomic mass is 16.4. The number of rotatable bonds is 1. The molecule has 2 heterocycles. The van der Waals surface area contributed by atoms with Crippen LogP contribution in [0.4, 0.5) is 4.79 Å². The third-order valence-electron chi connectivity index (χ3n) is 4.19. The number of amides is 2. The molecule has 1 unspecified atom stereocenters. The molecule has 0 aromatic heterocycles. The fourth-order valence-corrected chi connectivity index (χ4v) is 2.72. The van der Waals surface area contributed by atoms with E-state index in [0.29, 0.717) is 26.1 Å². The second kappa shape index (κ2) is 5.23. The van der Waals surface area contributed by atoms with Crippen molar-refractivity contribution in [2.75, 3.05) is 26.2 Å². The van der Waals surface area contributed by atoms with E-state index in [9.17, 15) is 14.7 Å². The lowest BCUT2D eigenvalue weighted by atomic mass is 9.82. The van der Waals surface area contributed by atoms with E-state index in [1.54, 1.807) is 16.7 Å². The van der Waals surface area contributed by atoms with Crippen LogP contribution in [0.15, 0.2) is 11.6 Å². The first kappa shape index (κ1) is 13.9. The SMILES string of the molecule is CC1=CCN(C(=O)N2CCCC(C)(C(=O)O)C2)CC1. The van der Waals surface area contributed by atoms with Gasteiger partial charge in [0, 0.05) is 26.2 Å². The number of hydrogen-bond acceptors (Lipinski definition) is 2. The van der Waals surface area contributed by atoms with Crippen molar-refractivity contribution in [1.82, 2.24) is 9.80 Å². The van der Waals surface area contributed by atoms with Gasteiger partial charge >= 0.3 is 12.0 Å². The maximum atomic E-state index is 12.4. The Hall–Kier alpha value is -1.52. The van der Waals surface area contributed by atoms with Crippen molar-refractivity contribution < 1.29 is 14.7 Å². The number of nitrogens with zero attached hydrogens (tertiary/aromatic N) is 2. The molecule has 0 saturated carbocycles. The van der Waals surface area contributed by atoms with Crippen LogP contribution in [0.2, 0.25) is 0 Å². The van der Waals surface area contributed by atoms with E-state index in [2.05, 4.69) is 13.0 Å². The van der Waals surface area contributed by atoms with Crippen molar-refractivity contribution in [3.63, 3.8) is 0 Å². The van der Waals surface area contributed by atoms with E-state index in [0.717, 1.165) is 19.4 Å². The Balaban J connectivity index is 2.02. The van der Waals surface area contributed by atoms with Gasteiger partial charge in [0.05, 0.1) is 5.41 Å². The van der Waals surface area contributed by atoms with Gasteiger partial charge in [0.25, 0.3) is 0 Å². The van der Waals surface area contributed by atoms with Crippen LogP contribution < -0.4 is 0 Å². The fraction of sp³-hybridized carbons (Fsp3) is 0.714. The van der Waals surface area contributed by atoms with Crippen LogP contribution in [-0.4, -0.2) is 53.1 Å². The Kier molecular flexibility index (Phi) is 3.83. The summed E-state index contributed by atoms with van der Waals surface area (Å²) in [5, 5.41) is 9.28. The van der Waals surface area contributed by atoms with Crippen molar-refractivity contribution in [1.29, 1.82) is 0 Å². The monoisotopic (exact) mass is 266 g/mol. The van der Waals surface area contributed by atoms with Crippen LogP contribution in [0.1, 0.15) is 33.1 Å². The highest BCUT2D eigenvalue weighted by molar-refractivity contribution is 5.78. The van der Waals surface area contributed by atoms with E-state index >= 15 is 0 Å². The van der Waals surface area contributed by atoms with Crippen molar-refractivity contribution in [2.45, 2.75) is 33.1 Å². The molecule has 2 aliphatic heterocycles. The zero-order valence-electron chi connectivity index (χ0n) is 11.7. The number of likely N-dealkylation sites (tertiary alicyclic amines) is 1. The maximum Gasteiger partial charge on any atom is 0.320 e. The van der Waals surface area contributed by atoms with Crippen molar-refractivity contribution in [2.24, 2.45) is 5.41 Å². The highest BCUT2D eigenvalue weighted by Crippen LogP contribution is 2.30. The molecule has 5 nitrogen and oxygen atoms in total. The normalized spacial score (nSPS) is 28.0. The Morgan fingerprint density at radius 1 is 1.32 bits per heavy atom. The highest BCUT2D eigenvalue weighted by Gasteiger charge is 2.40. The van der Waals surface area contributed by atoms with Gasteiger partial charge in [-0.25, -0.2) is 4.79 Å². The van der Waals surface area contributed by atoms with Crippen molar-refractivity contribution in [3.05, 3.63) is 11.6 Å². The zero-order valence-corrected chi connectivity index (χ0v) is 11.7. The summed E-state index contributed by atoms with van der Waals surface area (Å²) >= 11 is 0. The molecular formula is C14H22N2O3. The Morgan fingerprint density at radius 3 is 2.63 bits per heavy atom. The van der Waals surface area contributed by atoms with Gasteiger partial charge in [-0.05, 0) is 33.1 Å². The molecule has 1 N–H and O–H groups in total. The number of carbonyl (C=O) groups excluding carboxylic acids is 1. The van der Waals surface area contributed by atoms with Crippen molar-refractivity contribution in [3.8, 4) is 0 Å². The summed E-state index contributed by atoms with van der Waals surface area (Å²) in [6.07, 6.45) is 4.39. The lowest BCUT2D eigenvalue weighted by Gasteiger charge is -2.40.